The Morgan fingerprint density at radius 2 is 1.71 bits per heavy atom. The average Bonchev–Trinajstić information content (AvgIpc) is 2.15. The Kier molecular flexibility index (Phi) is 3.81. The minimum atomic E-state index is -3.63. The van der Waals surface area contributed by atoms with Crippen LogP contribution in [0.5, 0.6) is 5.75 Å². The monoisotopic (exact) mass is 259 g/mol. The van der Waals surface area contributed by atoms with Crippen LogP contribution in [0.4, 0.5) is 0 Å². The predicted octanol–water partition coefficient (Wildman–Crippen LogP) is 0.784. The van der Waals surface area contributed by atoms with Crippen LogP contribution in [-0.4, -0.2) is 42.1 Å². The number of nitrogens with zero attached hydrogens (tertiary/aromatic N) is 1. The van der Waals surface area contributed by atoms with Crippen LogP contribution < -0.4 is 0 Å². The van der Waals surface area contributed by atoms with E-state index in [0.29, 0.717) is 0 Å². The molecule has 0 saturated carbocycles. The number of aliphatic hydroxyl groups is 1. The smallest absolute Gasteiger partial charge is 0.242 e. The Morgan fingerprint density at radius 1 is 1.24 bits per heavy atom. The van der Waals surface area contributed by atoms with Crippen LogP contribution in [0.25, 0.3) is 0 Å². The highest BCUT2D eigenvalue weighted by Gasteiger charge is 2.26. The summed E-state index contributed by atoms with van der Waals surface area (Å²) in [5.41, 5.74) is -1.10. The fourth-order valence-electron chi connectivity index (χ4n) is 1.43. The summed E-state index contributed by atoms with van der Waals surface area (Å²) < 4.78 is 25.2. The van der Waals surface area contributed by atoms with Gasteiger partial charge in [-0.25, -0.2) is 8.42 Å². The van der Waals surface area contributed by atoms with Crippen molar-refractivity contribution >= 4 is 10.0 Å². The topological polar surface area (TPSA) is 77.8 Å². The summed E-state index contributed by atoms with van der Waals surface area (Å²) in [4.78, 5) is 0.0852. The molecule has 0 aliphatic carbocycles. The largest absolute Gasteiger partial charge is 0.508 e. The lowest BCUT2D eigenvalue weighted by Gasteiger charge is -2.25. The fraction of sp³-hybridized carbons (Fsp3) is 0.455. The van der Waals surface area contributed by atoms with Gasteiger partial charge in [0.15, 0.2) is 0 Å². The summed E-state index contributed by atoms with van der Waals surface area (Å²) >= 11 is 0. The molecular formula is C11H17NO4S. The molecule has 1 rings (SSSR count). The predicted molar refractivity (Wildman–Crippen MR) is 64.2 cm³/mol. The van der Waals surface area contributed by atoms with Crippen LogP contribution in [0.15, 0.2) is 29.2 Å². The van der Waals surface area contributed by atoms with E-state index >= 15 is 0 Å². The van der Waals surface area contributed by atoms with Gasteiger partial charge in [0.05, 0.1) is 10.5 Å². The number of sulfonamides is 1. The van der Waals surface area contributed by atoms with Gasteiger partial charge in [0.1, 0.15) is 5.75 Å². The van der Waals surface area contributed by atoms with Crippen LogP contribution in [0.2, 0.25) is 0 Å². The molecule has 0 amide bonds. The Hall–Kier alpha value is -1.11. The first-order chi connectivity index (χ1) is 7.63. The number of hydrogen-bond donors (Lipinski definition) is 2. The van der Waals surface area contributed by atoms with Gasteiger partial charge in [-0.3, -0.25) is 0 Å². The first-order valence-electron chi connectivity index (χ1n) is 5.11. The van der Waals surface area contributed by atoms with E-state index in [1.54, 1.807) is 0 Å². The third-order valence-corrected chi connectivity index (χ3v) is 3.97. The maximum atomic E-state index is 12.1. The van der Waals surface area contributed by atoms with E-state index in [2.05, 4.69) is 0 Å². The second kappa shape index (κ2) is 4.64. The molecule has 0 atom stereocenters. The van der Waals surface area contributed by atoms with E-state index in [0.717, 1.165) is 4.31 Å². The number of hydrogen-bond acceptors (Lipinski definition) is 4. The molecule has 0 bridgehead atoms. The van der Waals surface area contributed by atoms with E-state index in [1.165, 1.54) is 45.2 Å². The first-order valence-corrected chi connectivity index (χ1v) is 6.55. The van der Waals surface area contributed by atoms with E-state index in [-0.39, 0.29) is 17.2 Å². The van der Waals surface area contributed by atoms with Crippen molar-refractivity contribution in [3.05, 3.63) is 24.3 Å². The summed E-state index contributed by atoms with van der Waals surface area (Å²) in [5.74, 6) is 0.00842. The Morgan fingerprint density at radius 3 is 2.12 bits per heavy atom. The van der Waals surface area contributed by atoms with Gasteiger partial charge in [0.2, 0.25) is 10.0 Å². The van der Waals surface area contributed by atoms with Crippen molar-refractivity contribution in [1.29, 1.82) is 0 Å². The first kappa shape index (κ1) is 14.0. The normalized spacial score (nSPS) is 13.0. The highest BCUT2D eigenvalue weighted by atomic mass is 32.2. The Bertz CT molecular complexity index is 473. The van der Waals surface area contributed by atoms with Crippen molar-refractivity contribution in [1.82, 2.24) is 4.31 Å². The van der Waals surface area contributed by atoms with Crippen LogP contribution in [-0.2, 0) is 10.0 Å². The molecule has 0 radical (unpaired) electrons. The van der Waals surface area contributed by atoms with Crippen molar-refractivity contribution in [2.24, 2.45) is 0 Å². The zero-order valence-corrected chi connectivity index (χ0v) is 10.9. The molecule has 0 saturated heterocycles. The number of phenolic OH excluding ortho intramolecular Hbond substituents is 1. The second-order valence-corrected chi connectivity index (χ2v) is 6.61. The van der Waals surface area contributed by atoms with Gasteiger partial charge >= 0.3 is 0 Å². The van der Waals surface area contributed by atoms with Crippen molar-refractivity contribution in [2.45, 2.75) is 24.3 Å². The zero-order chi connectivity index (χ0) is 13.3. The van der Waals surface area contributed by atoms with E-state index in [1.807, 2.05) is 0 Å². The summed E-state index contributed by atoms with van der Waals surface area (Å²) in [6.45, 7) is 3.07. The van der Waals surface area contributed by atoms with Crippen LogP contribution in [0.1, 0.15) is 13.8 Å². The molecule has 0 aliphatic rings. The van der Waals surface area contributed by atoms with Crippen LogP contribution in [0.3, 0.4) is 0 Å². The lowest BCUT2D eigenvalue weighted by Crippen LogP contribution is -2.39. The summed E-state index contributed by atoms with van der Waals surface area (Å²) in [6.07, 6.45) is 0. The highest BCUT2D eigenvalue weighted by molar-refractivity contribution is 7.89. The van der Waals surface area contributed by atoms with Crippen molar-refractivity contribution < 1.29 is 18.6 Å². The molecule has 1 aromatic carbocycles. The molecule has 2 N–H and O–H groups in total. The van der Waals surface area contributed by atoms with Crippen molar-refractivity contribution in [3.8, 4) is 5.75 Å². The van der Waals surface area contributed by atoms with Gasteiger partial charge in [-0.15, -0.1) is 0 Å². The fourth-order valence-corrected chi connectivity index (χ4v) is 2.75. The standard InChI is InChI=1S/C11H17NO4S/c1-11(2,14)8-12(3)17(15,16)10-6-4-9(13)5-7-10/h4-7,13-14H,8H2,1-3H3. The molecule has 0 aliphatic heterocycles. The number of phenols is 1. The molecule has 1 aromatic rings. The van der Waals surface area contributed by atoms with Gasteiger partial charge in [-0.1, -0.05) is 0 Å². The van der Waals surface area contributed by atoms with Crippen molar-refractivity contribution in [3.63, 3.8) is 0 Å². The highest BCUT2D eigenvalue weighted by Crippen LogP contribution is 2.19. The van der Waals surface area contributed by atoms with Gasteiger partial charge in [0.25, 0.3) is 0 Å². The molecular weight excluding hydrogens is 242 g/mol. The van der Waals surface area contributed by atoms with E-state index in [4.69, 9.17) is 5.11 Å². The summed E-state index contributed by atoms with van der Waals surface area (Å²) in [6, 6.07) is 5.27. The maximum absolute atomic E-state index is 12.1. The molecule has 96 valence electrons. The quantitative estimate of drug-likeness (QED) is 0.837. The van der Waals surface area contributed by atoms with Crippen molar-refractivity contribution in [2.75, 3.05) is 13.6 Å². The minimum Gasteiger partial charge on any atom is -0.508 e. The minimum absolute atomic E-state index is 0.00376. The maximum Gasteiger partial charge on any atom is 0.242 e. The van der Waals surface area contributed by atoms with E-state index < -0.39 is 15.6 Å². The number of rotatable bonds is 4. The molecule has 0 heterocycles. The lowest BCUT2D eigenvalue weighted by molar-refractivity contribution is 0.0640. The van der Waals surface area contributed by atoms with Gasteiger partial charge in [-0.2, -0.15) is 4.31 Å². The van der Waals surface area contributed by atoms with Crippen LogP contribution in [0, 0.1) is 0 Å². The summed E-state index contributed by atoms with van der Waals surface area (Å²) in [7, 11) is -2.22. The number of likely N-dealkylation sites (N-methyl/N-ethyl adjacent to an activating group) is 1. The third kappa shape index (κ3) is 3.69. The Labute approximate surface area is 101 Å². The lowest BCUT2D eigenvalue weighted by atomic mass is 10.1. The Balaban J connectivity index is 2.99. The molecule has 6 heteroatoms. The van der Waals surface area contributed by atoms with E-state index in [9.17, 15) is 13.5 Å². The molecule has 0 aromatic heterocycles. The molecule has 0 fully saturated rings. The van der Waals surface area contributed by atoms with Gasteiger partial charge < -0.3 is 10.2 Å². The SMILES string of the molecule is CN(CC(C)(C)O)S(=O)(=O)c1ccc(O)cc1. The van der Waals surface area contributed by atoms with Gasteiger partial charge in [0, 0.05) is 13.6 Å². The van der Waals surface area contributed by atoms with Crippen LogP contribution >= 0.6 is 0 Å². The molecule has 0 unspecified atom stereocenters. The second-order valence-electron chi connectivity index (χ2n) is 4.57. The zero-order valence-electron chi connectivity index (χ0n) is 10.1. The van der Waals surface area contributed by atoms with Gasteiger partial charge in [-0.05, 0) is 38.1 Å². The third-order valence-electron chi connectivity index (χ3n) is 2.15. The summed E-state index contributed by atoms with van der Waals surface area (Å²) in [5, 5.41) is 18.7. The molecule has 17 heavy (non-hydrogen) atoms. The molecule has 0 spiro atoms. The molecule has 5 nitrogen and oxygen atoms in total. The number of aromatic hydroxyl groups is 1. The number of benzene rings is 1. The average molecular weight is 259 g/mol.